The van der Waals surface area contributed by atoms with E-state index in [1.807, 2.05) is 18.2 Å². The Morgan fingerprint density at radius 2 is 1.47 bits per heavy atom. The molecule has 0 aliphatic heterocycles. The Morgan fingerprint density at radius 1 is 0.750 bits per heavy atom. The molecule has 0 heterocycles. The van der Waals surface area contributed by atoms with E-state index in [2.05, 4.69) is 11.8 Å². The molecule has 0 spiro atoms. The fourth-order valence-corrected chi connectivity index (χ4v) is 3.58. The van der Waals surface area contributed by atoms with Crippen molar-refractivity contribution in [1.29, 1.82) is 0 Å². The first-order valence-corrected chi connectivity index (χ1v) is 9.96. The Kier molecular flexibility index (Phi) is 6.13. The molecule has 0 saturated heterocycles. The molecule has 0 unspecified atom stereocenters. The lowest BCUT2D eigenvalue weighted by Crippen LogP contribution is -2.02. The minimum atomic E-state index is -1.59. The molecule has 160 valence electrons. The molecule has 0 aliphatic carbocycles. The summed E-state index contributed by atoms with van der Waals surface area (Å²) in [6, 6.07) is 18.0. The third-order valence-corrected chi connectivity index (χ3v) is 5.24. The summed E-state index contributed by atoms with van der Waals surface area (Å²) in [6.45, 7) is 0. The smallest absolute Gasteiger partial charge is 0.195 e. The molecular formula is C27H18F4O. The third kappa shape index (κ3) is 4.31. The number of rotatable bonds is 4. The molecule has 0 aromatic heterocycles. The number of ether oxygens (including phenoxy) is 1. The summed E-state index contributed by atoms with van der Waals surface area (Å²) in [4.78, 5) is 0. The number of aryl methyl sites for hydroxylation is 2. The van der Waals surface area contributed by atoms with Crippen LogP contribution in [0.5, 0.6) is 5.75 Å². The van der Waals surface area contributed by atoms with E-state index < -0.39 is 23.3 Å². The molecule has 0 amide bonds. The lowest BCUT2D eigenvalue weighted by atomic mass is 9.94. The van der Waals surface area contributed by atoms with Gasteiger partial charge in [-0.15, -0.1) is 0 Å². The van der Waals surface area contributed by atoms with Crippen LogP contribution in [0, 0.1) is 35.1 Å². The Bertz CT molecular complexity index is 1330. The van der Waals surface area contributed by atoms with Crippen molar-refractivity contribution in [2.24, 2.45) is 0 Å². The molecular weight excluding hydrogens is 416 g/mol. The van der Waals surface area contributed by atoms with Crippen molar-refractivity contribution in [3.05, 3.63) is 112 Å². The van der Waals surface area contributed by atoms with Gasteiger partial charge in [-0.2, -0.15) is 0 Å². The lowest BCUT2D eigenvalue weighted by Gasteiger charge is -2.12. The summed E-state index contributed by atoms with van der Waals surface area (Å²) in [5.74, 6) is 1.13. The molecule has 0 fully saturated rings. The number of hydrogen-bond donors (Lipinski definition) is 0. The highest BCUT2D eigenvalue weighted by atomic mass is 19.2. The van der Waals surface area contributed by atoms with E-state index in [1.54, 1.807) is 43.5 Å². The quantitative estimate of drug-likeness (QED) is 0.200. The zero-order valence-corrected chi connectivity index (χ0v) is 17.2. The van der Waals surface area contributed by atoms with Crippen molar-refractivity contribution in [1.82, 2.24) is 0 Å². The van der Waals surface area contributed by atoms with Gasteiger partial charge in [-0.1, -0.05) is 42.2 Å². The molecule has 0 N–H and O–H groups in total. The highest BCUT2D eigenvalue weighted by Gasteiger charge is 2.20. The first kappa shape index (κ1) is 21.5. The minimum Gasteiger partial charge on any atom is -0.497 e. The molecule has 4 aromatic carbocycles. The Balaban J connectivity index is 1.80. The van der Waals surface area contributed by atoms with Gasteiger partial charge in [0, 0.05) is 16.3 Å². The van der Waals surface area contributed by atoms with Crippen LogP contribution < -0.4 is 4.74 Å². The van der Waals surface area contributed by atoms with Crippen molar-refractivity contribution in [2.75, 3.05) is 7.11 Å². The van der Waals surface area contributed by atoms with Crippen LogP contribution >= 0.6 is 0 Å². The third-order valence-electron chi connectivity index (χ3n) is 5.24. The molecule has 5 heteroatoms. The summed E-state index contributed by atoms with van der Waals surface area (Å²) < 4.78 is 63.1. The van der Waals surface area contributed by atoms with Crippen LogP contribution in [0.25, 0.3) is 10.8 Å². The second-order valence-corrected chi connectivity index (χ2v) is 7.27. The Morgan fingerprint density at radius 3 is 2.16 bits per heavy atom. The predicted octanol–water partition coefficient (Wildman–Crippen LogP) is 6.59. The first-order chi connectivity index (χ1) is 15.5. The summed E-state index contributed by atoms with van der Waals surface area (Å²) >= 11 is 0. The van der Waals surface area contributed by atoms with Gasteiger partial charge in [0.25, 0.3) is 0 Å². The topological polar surface area (TPSA) is 9.23 Å². The van der Waals surface area contributed by atoms with Crippen LogP contribution in [-0.2, 0) is 12.8 Å². The lowest BCUT2D eigenvalue weighted by molar-refractivity contribution is 0.414. The fraction of sp³-hybridized carbons (Fsp3) is 0.111. The largest absolute Gasteiger partial charge is 0.497 e. The SMILES string of the molecule is COc1ccc(CCc2cc(F)c(C#Cc3ccccc3)c3cc(F)c(F)c(F)c23)cc1. The number of hydrogen-bond acceptors (Lipinski definition) is 1. The van der Waals surface area contributed by atoms with E-state index in [0.29, 0.717) is 17.7 Å². The van der Waals surface area contributed by atoms with E-state index in [-0.39, 0.29) is 28.3 Å². The highest BCUT2D eigenvalue weighted by molar-refractivity contribution is 5.92. The second kappa shape index (κ2) is 9.15. The van der Waals surface area contributed by atoms with E-state index in [4.69, 9.17) is 4.74 Å². The zero-order valence-electron chi connectivity index (χ0n) is 17.2. The molecule has 4 aromatic rings. The fourth-order valence-electron chi connectivity index (χ4n) is 3.58. The van der Waals surface area contributed by atoms with Crippen molar-refractivity contribution in [2.45, 2.75) is 12.8 Å². The van der Waals surface area contributed by atoms with Crippen LogP contribution in [-0.4, -0.2) is 7.11 Å². The number of methoxy groups -OCH3 is 1. The molecule has 0 aliphatic rings. The van der Waals surface area contributed by atoms with Crippen LogP contribution in [0.3, 0.4) is 0 Å². The van der Waals surface area contributed by atoms with E-state index >= 15 is 4.39 Å². The van der Waals surface area contributed by atoms with Crippen LogP contribution in [0.2, 0.25) is 0 Å². The summed E-state index contributed by atoms with van der Waals surface area (Å²) in [5, 5.41) is -0.245. The normalized spacial score (nSPS) is 10.7. The molecule has 0 saturated carbocycles. The molecule has 0 bridgehead atoms. The molecule has 1 nitrogen and oxygen atoms in total. The van der Waals surface area contributed by atoms with Crippen molar-refractivity contribution in [3.8, 4) is 17.6 Å². The molecule has 0 atom stereocenters. The summed E-state index contributed by atoms with van der Waals surface area (Å²) in [5.41, 5.74) is 1.60. The molecule has 0 radical (unpaired) electrons. The molecule has 32 heavy (non-hydrogen) atoms. The average molecular weight is 434 g/mol. The van der Waals surface area contributed by atoms with Gasteiger partial charge in [0.05, 0.1) is 12.7 Å². The number of fused-ring (bicyclic) bond motifs is 1. The zero-order chi connectivity index (χ0) is 22.7. The van der Waals surface area contributed by atoms with Gasteiger partial charge in [-0.05, 0) is 60.4 Å². The van der Waals surface area contributed by atoms with Crippen molar-refractivity contribution in [3.63, 3.8) is 0 Å². The minimum absolute atomic E-state index is 0.0884. The van der Waals surface area contributed by atoms with Gasteiger partial charge in [0.1, 0.15) is 11.6 Å². The van der Waals surface area contributed by atoms with E-state index in [9.17, 15) is 13.2 Å². The number of halogens is 4. The maximum absolute atomic E-state index is 15.0. The predicted molar refractivity (Wildman–Crippen MR) is 117 cm³/mol. The monoisotopic (exact) mass is 434 g/mol. The maximum Gasteiger partial charge on any atom is 0.195 e. The standard InChI is InChI=1S/C27H18F4O/c1-32-20-12-8-18(9-13-20)7-11-19-15-23(28)21(14-10-17-5-3-2-4-6-17)22-16-24(29)26(30)27(31)25(19)22/h2-6,8-9,12-13,15-16H,7,11H2,1H3. The van der Waals surface area contributed by atoms with Crippen LogP contribution in [0.15, 0.2) is 66.7 Å². The van der Waals surface area contributed by atoms with Gasteiger partial charge in [0.15, 0.2) is 17.5 Å². The van der Waals surface area contributed by atoms with Crippen molar-refractivity contribution < 1.29 is 22.3 Å². The van der Waals surface area contributed by atoms with Gasteiger partial charge in [0.2, 0.25) is 0 Å². The van der Waals surface area contributed by atoms with Gasteiger partial charge in [-0.3, -0.25) is 0 Å². The highest BCUT2D eigenvalue weighted by Crippen LogP contribution is 2.31. The van der Waals surface area contributed by atoms with Gasteiger partial charge < -0.3 is 4.74 Å². The Labute approximate surface area is 183 Å². The maximum atomic E-state index is 15.0. The average Bonchev–Trinajstić information content (AvgIpc) is 2.81. The van der Waals surface area contributed by atoms with Gasteiger partial charge >= 0.3 is 0 Å². The van der Waals surface area contributed by atoms with E-state index in [1.165, 1.54) is 0 Å². The van der Waals surface area contributed by atoms with Crippen LogP contribution in [0.1, 0.15) is 22.3 Å². The summed E-state index contributed by atoms with van der Waals surface area (Å²) in [6.07, 6.45) is 0.681. The second-order valence-electron chi connectivity index (χ2n) is 7.27. The summed E-state index contributed by atoms with van der Waals surface area (Å²) in [7, 11) is 1.56. The Hall–Kier alpha value is -3.78. The van der Waals surface area contributed by atoms with Gasteiger partial charge in [-0.25, -0.2) is 17.6 Å². The van der Waals surface area contributed by atoms with Crippen molar-refractivity contribution >= 4 is 10.8 Å². The molecule has 4 rings (SSSR count). The van der Waals surface area contributed by atoms with E-state index in [0.717, 1.165) is 17.7 Å². The number of benzene rings is 4. The first-order valence-electron chi connectivity index (χ1n) is 9.96. The van der Waals surface area contributed by atoms with Crippen LogP contribution in [0.4, 0.5) is 17.6 Å².